The van der Waals surface area contributed by atoms with Gasteiger partial charge in [-0.25, -0.2) is 4.39 Å². The van der Waals surface area contributed by atoms with Gasteiger partial charge < -0.3 is 5.32 Å². The molecule has 0 aromatic heterocycles. The summed E-state index contributed by atoms with van der Waals surface area (Å²) in [6, 6.07) is 8.79. The molecule has 122 valence electrons. The van der Waals surface area contributed by atoms with Crippen molar-refractivity contribution in [2.45, 2.75) is 11.1 Å². The third kappa shape index (κ3) is 4.87. The van der Waals surface area contributed by atoms with E-state index in [0.29, 0.717) is 4.90 Å². The Labute approximate surface area is 138 Å². The standard InChI is InChI=1S/C15H10ClF4NOS/c16-11-5-2-6-12(14(11)17)21-13(22)8-23-10-4-1-3-9(7-10)15(18,19)20/h1-7H,8H2,(H,21,22). The lowest BCUT2D eigenvalue weighted by Gasteiger charge is -2.09. The van der Waals surface area contributed by atoms with E-state index < -0.39 is 23.5 Å². The van der Waals surface area contributed by atoms with Gasteiger partial charge in [0.25, 0.3) is 0 Å². The Kier molecular flexibility index (Phi) is 5.54. The fourth-order valence-electron chi connectivity index (χ4n) is 1.70. The molecule has 1 amide bonds. The molecular formula is C15H10ClF4NOS. The highest BCUT2D eigenvalue weighted by Crippen LogP contribution is 2.32. The summed E-state index contributed by atoms with van der Waals surface area (Å²) >= 11 is 6.51. The molecule has 0 saturated carbocycles. The minimum Gasteiger partial charge on any atom is -0.323 e. The summed E-state index contributed by atoms with van der Waals surface area (Å²) in [6.45, 7) is 0. The summed E-state index contributed by atoms with van der Waals surface area (Å²) in [5, 5.41) is 2.19. The van der Waals surface area contributed by atoms with Gasteiger partial charge in [0, 0.05) is 4.90 Å². The Hall–Kier alpha value is -1.73. The molecule has 0 unspecified atom stereocenters. The third-order valence-corrected chi connectivity index (χ3v) is 4.04. The molecule has 2 rings (SSSR count). The topological polar surface area (TPSA) is 29.1 Å². The molecule has 0 radical (unpaired) electrons. The van der Waals surface area contributed by atoms with Gasteiger partial charge in [0.1, 0.15) is 0 Å². The maximum Gasteiger partial charge on any atom is 0.416 e. The quantitative estimate of drug-likeness (QED) is 0.595. The molecule has 0 spiro atoms. The molecule has 1 N–H and O–H groups in total. The van der Waals surface area contributed by atoms with Crippen LogP contribution in [-0.2, 0) is 11.0 Å². The average molecular weight is 364 g/mol. The number of anilines is 1. The summed E-state index contributed by atoms with van der Waals surface area (Å²) in [5.41, 5.74) is -0.865. The number of hydrogen-bond donors (Lipinski definition) is 1. The van der Waals surface area contributed by atoms with Crippen LogP contribution in [0.25, 0.3) is 0 Å². The molecule has 0 saturated heterocycles. The van der Waals surface area contributed by atoms with Crippen molar-refractivity contribution < 1.29 is 22.4 Å². The second-order valence-electron chi connectivity index (χ2n) is 4.46. The number of benzene rings is 2. The number of carbonyl (C=O) groups is 1. The summed E-state index contributed by atoms with van der Waals surface area (Å²) < 4.78 is 51.4. The zero-order valence-electron chi connectivity index (χ0n) is 11.5. The van der Waals surface area contributed by atoms with Crippen LogP contribution in [0.3, 0.4) is 0 Å². The van der Waals surface area contributed by atoms with E-state index in [1.54, 1.807) is 0 Å². The molecule has 0 aliphatic rings. The molecule has 0 heterocycles. The predicted molar refractivity (Wildman–Crippen MR) is 82.2 cm³/mol. The highest BCUT2D eigenvalue weighted by Gasteiger charge is 2.30. The Morgan fingerprint density at radius 2 is 1.87 bits per heavy atom. The van der Waals surface area contributed by atoms with Crippen molar-refractivity contribution in [2.24, 2.45) is 0 Å². The van der Waals surface area contributed by atoms with Crippen molar-refractivity contribution >= 4 is 35.0 Å². The van der Waals surface area contributed by atoms with Crippen molar-refractivity contribution in [2.75, 3.05) is 11.1 Å². The molecule has 0 atom stereocenters. The number of rotatable bonds is 4. The van der Waals surface area contributed by atoms with E-state index in [1.807, 2.05) is 0 Å². The minimum absolute atomic E-state index is 0.0767. The van der Waals surface area contributed by atoms with Gasteiger partial charge in [-0.05, 0) is 30.3 Å². The maximum absolute atomic E-state index is 13.6. The summed E-state index contributed by atoms with van der Waals surface area (Å²) in [6.07, 6.45) is -4.44. The molecule has 0 fully saturated rings. The average Bonchev–Trinajstić information content (AvgIpc) is 2.49. The summed E-state index contributed by atoms with van der Waals surface area (Å²) in [7, 11) is 0. The zero-order valence-corrected chi connectivity index (χ0v) is 13.0. The smallest absolute Gasteiger partial charge is 0.323 e. The number of hydrogen-bond acceptors (Lipinski definition) is 2. The molecule has 8 heteroatoms. The highest BCUT2D eigenvalue weighted by molar-refractivity contribution is 8.00. The van der Waals surface area contributed by atoms with Gasteiger partial charge in [-0.2, -0.15) is 13.2 Å². The molecule has 2 nitrogen and oxygen atoms in total. The van der Waals surface area contributed by atoms with Gasteiger partial charge in [-0.15, -0.1) is 11.8 Å². The van der Waals surface area contributed by atoms with E-state index in [9.17, 15) is 22.4 Å². The minimum atomic E-state index is -4.44. The second kappa shape index (κ2) is 7.23. The van der Waals surface area contributed by atoms with Crippen LogP contribution in [0.1, 0.15) is 5.56 Å². The third-order valence-electron chi connectivity index (χ3n) is 2.76. The predicted octanol–water partition coefficient (Wildman–Crippen LogP) is 5.23. The van der Waals surface area contributed by atoms with Crippen LogP contribution in [0.2, 0.25) is 5.02 Å². The fourth-order valence-corrected chi connectivity index (χ4v) is 2.63. The van der Waals surface area contributed by atoms with Crippen molar-refractivity contribution in [1.82, 2.24) is 0 Å². The lowest BCUT2D eigenvalue weighted by molar-refractivity contribution is -0.137. The first-order valence-electron chi connectivity index (χ1n) is 6.31. The Bertz CT molecular complexity index is 721. The summed E-state index contributed by atoms with van der Waals surface area (Å²) in [4.78, 5) is 12.1. The number of halogens is 5. The van der Waals surface area contributed by atoms with Crippen LogP contribution in [0.4, 0.5) is 23.2 Å². The Balaban J connectivity index is 1.98. The lowest BCUT2D eigenvalue weighted by Crippen LogP contribution is -2.15. The van der Waals surface area contributed by atoms with Crippen LogP contribution in [0, 0.1) is 5.82 Å². The first kappa shape index (κ1) is 17.6. The van der Waals surface area contributed by atoms with E-state index >= 15 is 0 Å². The van der Waals surface area contributed by atoms with Crippen LogP contribution in [0.15, 0.2) is 47.4 Å². The van der Waals surface area contributed by atoms with Gasteiger partial charge in [0.15, 0.2) is 5.82 Å². The van der Waals surface area contributed by atoms with E-state index in [1.165, 1.54) is 30.3 Å². The van der Waals surface area contributed by atoms with Crippen LogP contribution >= 0.6 is 23.4 Å². The normalized spacial score (nSPS) is 11.3. The molecular weight excluding hydrogens is 354 g/mol. The molecule has 2 aromatic rings. The van der Waals surface area contributed by atoms with E-state index in [4.69, 9.17) is 11.6 Å². The second-order valence-corrected chi connectivity index (χ2v) is 5.92. The summed E-state index contributed by atoms with van der Waals surface area (Å²) in [5.74, 6) is -1.46. The molecule has 2 aromatic carbocycles. The number of amides is 1. The Morgan fingerprint density at radius 3 is 2.57 bits per heavy atom. The van der Waals surface area contributed by atoms with Gasteiger partial charge in [-0.3, -0.25) is 4.79 Å². The van der Waals surface area contributed by atoms with Crippen molar-refractivity contribution in [3.63, 3.8) is 0 Å². The molecule has 0 aliphatic heterocycles. The number of nitrogens with one attached hydrogen (secondary N) is 1. The van der Waals surface area contributed by atoms with Crippen molar-refractivity contribution in [3.05, 3.63) is 58.9 Å². The lowest BCUT2D eigenvalue weighted by atomic mass is 10.2. The number of alkyl halides is 3. The first-order valence-corrected chi connectivity index (χ1v) is 7.67. The van der Waals surface area contributed by atoms with Gasteiger partial charge in [0.2, 0.25) is 5.91 Å². The van der Waals surface area contributed by atoms with Gasteiger partial charge >= 0.3 is 6.18 Å². The van der Waals surface area contributed by atoms with Crippen LogP contribution < -0.4 is 5.32 Å². The molecule has 23 heavy (non-hydrogen) atoms. The Morgan fingerprint density at radius 1 is 1.17 bits per heavy atom. The van der Waals surface area contributed by atoms with Crippen molar-refractivity contribution in [3.8, 4) is 0 Å². The van der Waals surface area contributed by atoms with Gasteiger partial charge in [-0.1, -0.05) is 23.7 Å². The zero-order chi connectivity index (χ0) is 17.0. The number of carbonyl (C=O) groups excluding carboxylic acids is 1. The van der Waals surface area contributed by atoms with Crippen LogP contribution in [0.5, 0.6) is 0 Å². The van der Waals surface area contributed by atoms with E-state index in [-0.39, 0.29) is 16.5 Å². The van der Waals surface area contributed by atoms with Crippen molar-refractivity contribution in [1.29, 1.82) is 0 Å². The molecule has 0 bridgehead atoms. The SMILES string of the molecule is O=C(CSc1cccc(C(F)(F)F)c1)Nc1cccc(Cl)c1F. The fraction of sp³-hybridized carbons (Fsp3) is 0.133. The molecule has 0 aliphatic carbocycles. The largest absolute Gasteiger partial charge is 0.416 e. The number of thioether (sulfide) groups is 1. The van der Waals surface area contributed by atoms with E-state index in [2.05, 4.69) is 5.32 Å². The first-order chi connectivity index (χ1) is 10.8. The highest BCUT2D eigenvalue weighted by atomic mass is 35.5. The van der Waals surface area contributed by atoms with Crippen LogP contribution in [-0.4, -0.2) is 11.7 Å². The van der Waals surface area contributed by atoms with E-state index in [0.717, 1.165) is 23.9 Å². The maximum atomic E-state index is 13.6. The monoisotopic (exact) mass is 363 g/mol. The van der Waals surface area contributed by atoms with Gasteiger partial charge in [0.05, 0.1) is 22.0 Å².